The molecule has 0 fully saturated rings. The van der Waals surface area contributed by atoms with Crippen molar-refractivity contribution < 1.29 is 0 Å². The zero-order valence-corrected chi connectivity index (χ0v) is 13.7. The second-order valence-corrected chi connectivity index (χ2v) is 7.14. The smallest absolute Gasteiger partial charge is 0.185 e. The van der Waals surface area contributed by atoms with Gasteiger partial charge in [0.1, 0.15) is 0 Å². The lowest BCUT2D eigenvalue weighted by Crippen LogP contribution is -2.16. The number of rotatable bonds is 6. The van der Waals surface area contributed by atoms with Crippen molar-refractivity contribution >= 4 is 43.7 Å². The summed E-state index contributed by atoms with van der Waals surface area (Å²) in [6.45, 7) is 4.83. The number of thiophene rings is 1. The Balaban J connectivity index is 1.96. The normalized spacial score (nSPS) is 10.8. The average Bonchev–Trinajstić information content (AvgIpc) is 2.96. The number of anilines is 1. The van der Waals surface area contributed by atoms with E-state index in [1.165, 1.54) is 9.35 Å². The van der Waals surface area contributed by atoms with Gasteiger partial charge in [-0.15, -0.1) is 22.7 Å². The molecular formula is C12H16BrN3S2. The van der Waals surface area contributed by atoms with E-state index in [2.05, 4.69) is 61.9 Å². The van der Waals surface area contributed by atoms with Crippen molar-refractivity contribution in [2.24, 2.45) is 0 Å². The molecule has 0 atom stereocenters. The molecule has 0 amide bonds. The van der Waals surface area contributed by atoms with Crippen molar-refractivity contribution in [1.82, 2.24) is 10.3 Å². The molecule has 0 saturated carbocycles. The predicted octanol–water partition coefficient (Wildman–Crippen LogP) is 3.71. The fraction of sp³-hybridized carbons (Fsp3) is 0.417. The molecule has 2 aromatic heterocycles. The van der Waals surface area contributed by atoms with E-state index in [-0.39, 0.29) is 0 Å². The highest BCUT2D eigenvalue weighted by Gasteiger charge is 2.08. The van der Waals surface area contributed by atoms with E-state index in [0.29, 0.717) is 0 Å². The average molecular weight is 346 g/mol. The van der Waals surface area contributed by atoms with Gasteiger partial charge in [-0.25, -0.2) is 4.98 Å². The van der Waals surface area contributed by atoms with Crippen LogP contribution in [0.15, 0.2) is 20.6 Å². The first kappa shape index (κ1) is 14.0. The lowest BCUT2D eigenvalue weighted by molar-refractivity contribution is 0.713. The second kappa shape index (κ2) is 6.65. The van der Waals surface area contributed by atoms with Crippen molar-refractivity contribution in [1.29, 1.82) is 0 Å². The third-order valence-corrected chi connectivity index (χ3v) is 5.02. The van der Waals surface area contributed by atoms with Gasteiger partial charge in [0.2, 0.25) is 0 Å². The number of hydrogen-bond acceptors (Lipinski definition) is 5. The Labute approximate surface area is 124 Å². The summed E-state index contributed by atoms with van der Waals surface area (Å²) in [4.78, 5) is 6.81. The van der Waals surface area contributed by atoms with Crippen LogP contribution in [-0.4, -0.2) is 18.6 Å². The summed E-state index contributed by atoms with van der Waals surface area (Å²) in [6, 6.07) is 2.16. The minimum Gasteiger partial charge on any atom is -0.347 e. The van der Waals surface area contributed by atoms with Gasteiger partial charge >= 0.3 is 0 Å². The fourth-order valence-electron chi connectivity index (χ4n) is 1.58. The standard InChI is InChI=1S/C12H16BrN3S2/c1-3-14-5-10-8-18-12(15-10)16(2)6-9-4-11(13)17-7-9/h4,7-8,14H,3,5-6H2,1-2H3. The maximum atomic E-state index is 4.62. The Morgan fingerprint density at radius 1 is 1.39 bits per heavy atom. The van der Waals surface area contributed by atoms with Gasteiger partial charge in [0, 0.05) is 25.5 Å². The van der Waals surface area contributed by atoms with Crippen LogP contribution in [0.4, 0.5) is 5.13 Å². The molecule has 1 N–H and O–H groups in total. The van der Waals surface area contributed by atoms with Crippen molar-refractivity contribution in [3.63, 3.8) is 0 Å². The van der Waals surface area contributed by atoms with Gasteiger partial charge in [-0.3, -0.25) is 0 Å². The van der Waals surface area contributed by atoms with Gasteiger partial charge < -0.3 is 10.2 Å². The lowest BCUT2D eigenvalue weighted by atomic mass is 10.3. The molecule has 0 aromatic carbocycles. The summed E-state index contributed by atoms with van der Waals surface area (Å²) < 4.78 is 1.18. The molecule has 6 heteroatoms. The van der Waals surface area contributed by atoms with Gasteiger partial charge in [0.05, 0.1) is 9.48 Å². The van der Waals surface area contributed by atoms with Crippen LogP contribution in [0.2, 0.25) is 0 Å². The molecule has 2 rings (SSSR count). The van der Waals surface area contributed by atoms with Crippen molar-refractivity contribution in [3.8, 4) is 0 Å². The van der Waals surface area contributed by atoms with Crippen LogP contribution in [0.3, 0.4) is 0 Å². The Hall–Kier alpha value is -0.430. The topological polar surface area (TPSA) is 28.2 Å². The van der Waals surface area contributed by atoms with E-state index < -0.39 is 0 Å². The number of aromatic nitrogens is 1. The lowest BCUT2D eigenvalue weighted by Gasteiger charge is -2.14. The number of hydrogen-bond donors (Lipinski definition) is 1. The summed E-state index contributed by atoms with van der Waals surface area (Å²) in [5, 5.41) is 8.66. The summed E-state index contributed by atoms with van der Waals surface area (Å²) in [6.07, 6.45) is 0. The first-order valence-corrected chi connectivity index (χ1v) is 8.33. The van der Waals surface area contributed by atoms with Gasteiger partial charge in [-0.05, 0) is 39.5 Å². The molecule has 0 aliphatic rings. The van der Waals surface area contributed by atoms with E-state index in [9.17, 15) is 0 Å². The highest BCUT2D eigenvalue weighted by molar-refractivity contribution is 9.11. The Kier molecular flexibility index (Phi) is 5.17. The molecule has 18 heavy (non-hydrogen) atoms. The molecular weight excluding hydrogens is 330 g/mol. The number of nitrogens with one attached hydrogen (secondary N) is 1. The van der Waals surface area contributed by atoms with Gasteiger partial charge in [-0.1, -0.05) is 6.92 Å². The van der Waals surface area contributed by atoms with E-state index in [1.807, 2.05) is 0 Å². The number of halogens is 1. The van der Waals surface area contributed by atoms with Crippen LogP contribution < -0.4 is 10.2 Å². The molecule has 2 aromatic rings. The number of nitrogens with zero attached hydrogens (tertiary/aromatic N) is 2. The monoisotopic (exact) mass is 345 g/mol. The second-order valence-electron chi connectivity index (χ2n) is 4.02. The third kappa shape index (κ3) is 3.78. The Morgan fingerprint density at radius 2 is 2.22 bits per heavy atom. The third-order valence-electron chi connectivity index (χ3n) is 2.46. The molecule has 0 unspecified atom stereocenters. The quantitative estimate of drug-likeness (QED) is 0.864. The van der Waals surface area contributed by atoms with E-state index in [4.69, 9.17) is 0 Å². The van der Waals surface area contributed by atoms with Crippen molar-refractivity contribution in [3.05, 3.63) is 31.9 Å². The molecule has 98 valence electrons. The van der Waals surface area contributed by atoms with E-state index >= 15 is 0 Å². The SMILES string of the molecule is CCNCc1csc(N(C)Cc2csc(Br)c2)n1. The molecule has 0 aliphatic carbocycles. The molecule has 0 spiro atoms. The Morgan fingerprint density at radius 3 is 2.89 bits per heavy atom. The molecule has 2 heterocycles. The summed E-state index contributed by atoms with van der Waals surface area (Å²) in [5.74, 6) is 0. The first-order valence-electron chi connectivity index (χ1n) is 5.78. The molecule has 0 radical (unpaired) electrons. The van der Waals surface area contributed by atoms with Crippen molar-refractivity contribution in [2.75, 3.05) is 18.5 Å². The fourth-order valence-corrected chi connectivity index (χ4v) is 3.57. The molecule has 0 saturated heterocycles. The highest BCUT2D eigenvalue weighted by atomic mass is 79.9. The van der Waals surface area contributed by atoms with Crippen molar-refractivity contribution in [2.45, 2.75) is 20.0 Å². The number of thiazole rings is 1. The minimum atomic E-state index is 0.852. The van der Waals surface area contributed by atoms with Crippen LogP contribution in [0, 0.1) is 0 Å². The highest BCUT2D eigenvalue weighted by Crippen LogP contribution is 2.25. The van der Waals surface area contributed by atoms with Crippen LogP contribution in [0.25, 0.3) is 0 Å². The zero-order chi connectivity index (χ0) is 13.0. The minimum absolute atomic E-state index is 0.852. The summed E-state index contributed by atoms with van der Waals surface area (Å²) in [5.41, 5.74) is 2.44. The van der Waals surface area contributed by atoms with Crippen LogP contribution in [0.1, 0.15) is 18.2 Å². The Bertz CT molecular complexity index is 495. The maximum Gasteiger partial charge on any atom is 0.185 e. The predicted molar refractivity (Wildman–Crippen MR) is 83.6 cm³/mol. The summed E-state index contributed by atoms with van der Waals surface area (Å²) >= 11 is 6.91. The van der Waals surface area contributed by atoms with E-state index in [0.717, 1.165) is 30.5 Å². The summed E-state index contributed by atoms with van der Waals surface area (Å²) in [7, 11) is 2.08. The zero-order valence-electron chi connectivity index (χ0n) is 10.4. The molecule has 0 bridgehead atoms. The van der Waals surface area contributed by atoms with Crippen LogP contribution in [-0.2, 0) is 13.1 Å². The van der Waals surface area contributed by atoms with Crippen LogP contribution in [0.5, 0.6) is 0 Å². The van der Waals surface area contributed by atoms with Gasteiger partial charge in [-0.2, -0.15) is 0 Å². The maximum absolute atomic E-state index is 4.62. The molecule has 3 nitrogen and oxygen atoms in total. The van der Waals surface area contributed by atoms with E-state index in [1.54, 1.807) is 22.7 Å². The van der Waals surface area contributed by atoms with Gasteiger partial charge in [0.15, 0.2) is 5.13 Å². The van der Waals surface area contributed by atoms with Gasteiger partial charge in [0.25, 0.3) is 0 Å². The molecule has 0 aliphatic heterocycles. The first-order chi connectivity index (χ1) is 8.69. The largest absolute Gasteiger partial charge is 0.347 e. The van der Waals surface area contributed by atoms with Crippen LogP contribution >= 0.6 is 38.6 Å².